The van der Waals surface area contributed by atoms with Gasteiger partial charge in [-0.25, -0.2) is 9.78 Å². The molecular formula is C43H53N11O6. The number of nitrogens with one attached hydrogen (secondary N) is 4. The molecule has 0 aliphatic carbocycles. The van der Waals surface area contributed by atoms with Gasteiger partial charge in [-0.3, -0.25) is 34.3 Å². The van der Waals surface area contributed by atoms with Gasteiger partial charge in [0, 0.05) is 81.3 Å². The number of urea groups is 1. The first-order valence-electron chi connectivity index (χ1n) is 21.0. The minimum Gasteiger partial charge on any atom is -0.394 e. The summed E-state index contributed by atoms with van der Waals surface area (Å²) >= 11 is 0. The molecule has 4 aliphatic heterocycles. The molecule has 8 rings (SSSR count). The number of hydrogen-bond acceptors (Lipinski definition) is 12. The van der Waals surface area contributed by atoms with E-state index in [-0.39, 0.29) is 48.6 Å². The third-order valence-corrected chi connectivity index (χ3v) is 12.2. The van der Waals surface area contributed by atoms with E-state index >= 15 is 0 Å². The van der Waals surface area contributed by atoms with E-state index < -0.39 is 29.7 Å². The van der Waals surface area contributed by atoms with Crippen molar-refractivity contribution in [2.75, 3.05) is 66.7 Å². The van der Waals surface area contributed by atoms with Gasteiger partial charge in [0.25, 0.3) is 11.8 Å². The number of anilines is 4. The Bertz CT molecular complexity index is 2270. The topological polar surface area (TPSA) is 197 Å². The Balaban J connectivity index is 0.803. The van der Waals surface area contributed by atoms with E-state index in [1.54, 1.807) is 12.1 Å². The average Bonchev–Trinajstić information content (AvgIpc) is 3.80. The molecule has 0 radical (unpaired) electrons. The van der Waals surface area contributed by atoms with Crippen molar-refractivity contribution < 1.29 is 29.1 Å². The Morgan fingerprint density at radius 1 is 0.917 bits per heavy atom. The molecule has 6 heterocycles. The highest BCUT2D eigenvalue weighted by atomic mass is 16.3. The van der Waals surface area contributed by atoms with E-state index in [1.807, 2.05) is 58.9 Å². The predicted octanol–water partition coefficient (Wildman–Crippen LogP) is 3.87. The fourth-order valence-electron chi connectivity index (χ4n) is 8.61. The molecule has 17 heteroatoms. The van der Waals surface area contributed by atoms with Crippen molar-refractivity contribution in [3.05, 3.63) is 77.0 Å². The van der Waals surface area contributed by atoms with E-state index in [1.165, 1.54) is 0 Å². The number of carbonyl (C=O) groups is 5. The van der Waals surface area contributed by atoms with Crippen molar-refractivity contribution in [1.29, 1.82) is 0 Å². The summed E-state index contributed by atoms with van der Waals surface area (Å²) in [5.74, 6) is -0.325. The number of fused-ring (bicyclic) bond motifs is 2. The van der Waals surface area contributed by atoms with Gasteiger partial charge in [0.05, 0.1) is 30.0 Å². The number of piperidine rings is 2. The minimum atomic E-state index is -0.986. The lowest BCUT2D eigenvalue weighted by Crippen LogP contribution is -2.55. The molecule has 2 atom stereocenters. The van der Waals surface area contributed by atoms with Crippen LogP contribution >= 0.6 is 0 Å². The molecule has 0 bridgehead atoms. The fraction of sp³-hybridized carbons (Fsp3) is 0.465. The van der Waals surface area contributed by atoms with Crippen molar-refractivity contribution in [3.63, 3.8) is 0 Å². The molecule has 17 nitrogen and oxygen atoms in total. The molecule has 4 aromatic rings. The monoisotopic (exact) mass is 819 g/mol. The Morgan fingerprint density at radius 2 is 1.65 bits per heavy atom. The van der Waals surface area contributed by atoms with Gasteiger partial charge in [-0.2, -0.15) is 9.61 Å². The van der Waals surface area contributed by atoms with Crippen molar-refractivity contribution >= 4 is 58.3 Å². The number of imide groups is 2. The number of amides is 6. The van der Waals surface area contributed by atoms with E-state index in [4.69, 9.17) is 4.98 Å². The van der Waals surface area contributed by atoms with Crippen molar-refractivity contribution in [2.45, 2.75) is 83.5 Å². The molecule has 60 heavy (non-hydrogen) atoms. The van der Waals surface area contributed by atoms with Crippen LogP contribution in [0, 0.1) is 0 Å². The largest absolute Gasteiger partial charge is 0.394 e. The van der Waals surface area contributed by atoms with E-state index in [0.717, 1.165) is 84.3 Å². The highest BCUT2D eigenvalue weighted by Gasteiger charge is 2.45. The Labute approximate surface area is 348 Å². The van der Waals surface area contributed by atoms with Gasteiger partial charge in [-0.15, -0.1) is 0 Å². The van der Waals surface area contributed by atoms with Crippen LogP contribution in [0.5, 0.6) is 0 Å². The molecule has 5 N–H and O–H groups in total. The summed E-state index contributed by atoms with van der Waals surface area (Å²) in [6.07, 6.45) is 4.67. The zero-order valence-corrected chi connectivity index (χ0v) is 34.3. The van der Waals surface area contributed by atoms with Gasteiger partial charge >= 0.3 is 6.03 Å². The zero-order chi connectivity index (χ0) is 42.1. The molecule has 2 aromatic heterocycles. The van der Waals surface area contributed by atoms with Gasteiger partial charge in [0.15, 0.2) is 5.65 Å². The number of nitrogens with zero attached hydrogens (tertiary/aromatic N) is 7. The molecule has 3 fully saturated rings. The number of carbonyl (C=O) groups excluding carboxylic acids is 5. The lowest BCUT2D eigenvalue weighted by atomic mass is 10.0. The first kappa shape index (κ1) is 40.7. The first-order chi connectivity index (χ1) is 29.0. The van der Waals surface area contributed by atoms with Crippen molar-refractivity contribution in [1.82, 2.24) is 34.6 Å². The van der Waals surface area contributed by atoms with Crippen LogP contribution in [-0.4, -0.2) is 128 Å². The summed E-state index contributed by atoms with van der Waals surface area (Å²) in [4.78, 5) is 76.2. The highest BCUT2D eigenvalue weighted by Crippen LogP contribution is 2.32. The van der Waals surface area contributed by atoms with Gasteiger partial charge in [-0.05, 0) is 67.5 Å². The molecule has 3 saturated heterocycles. The molecule has 2 aromatic carbocycles. The summed E-state index contributed by atoms with van der Waals surface area (Å²) in [6.45, 7) is 11.2. The van der Waals surface area contributed by atoms with Crippen LogP contribution in [-0.2, 0) is 16.1 Å². The average molecular weight is 820 g/mol. The van der Waals surface area contributed by atoms with E-state index in [2.05, 4.69) is 50.0 Å². The van der Waals surface area contributed by atoms with E-state index in [0.29, 0.717) is 31.5 Å². The second kappa shape index (κ2) is 17.3. The van der Waals surface area contributed by atoms with Gasteiger partial charge in [0.1, 0.15) is 17.7 Å². The van der Waals surface area contributed by atoms with Crippen LogP contribution in [0.25, 0.3) is 5.65 Å². The molecule has 6 amide bonds. The van der Waals surface area contributed by atoms with Gasteiger partial charge in [-0.1, -0.05) is 32.9 Å². The van der Waals surface area contributed by atoms with Crippen molar-refractivity contribution in [2.24, 2.45) is 0 Å². The number of rotatable bonds is 12. The molecule has 1 unspecified atom stereocenters. The number of aliphatic hydroxyl groups is 1. The quantitative estimate of drug-likeness (QED) is 0.130. The van der Waals surface area contributed by atoms with Crippen molar-refractivity contribution in [3.8, 4) is 0 Å². The van der Waals surface area contributed by atoms with E-state index in [9.17, 15) is 29.1 Å². The third kappa shape index (κ3) is 8.23. The summed E-state index contributed by atoms with van der Waals surface area (Å²) < 4.78 is 1.81. The van der Waals surface area contributed by atoms with Crippen LogP contribution in [0.4, 0.5) is 27.8 Å². The van der Waals surface area contributed by atoms with Gasteiger partial charge in [0.2, 0.25) is 11.8 Å². The lowest BCUT2D eigenvalue weighted by Gasteiger charge is -2.43. The maximum Gasteiger partial charge on any atom is 0.321 e. The number of benzene rings is 2. The van der Waals surface area contributed by atoms with Gasteiger partial charge < -0.3 is 30.9 Å². The number of aliphatic hydroxyl groups excluding tert-OH is 1. The highest BCUT2D eigenvalue weighted by molar-refractivity contribution is 6.23. The molecule has 316 valence electrons. The molecular weight excluding hydrogens is 767 g/mol. The Morgan fingerprint density at radius 3 is 2.33 bits per heavy atom. The van der Waals surface area contributed by atoms with Crippen LogP contribution < -0.4 is 26.2 Å². The Hall–Kier alpha value is -6.07. The second-order valence-electron chi connectivity index (χ2n) is 16.3. The SMILES string of the molecule is CC[C@@H](CO)Nc1cc(NCc2ccc(NC(=O)N3CCN(C4CCN(c5ccc6c(c5)C(=O)N(C5CCC(=O)NC5=O)C6=O)CC4)CC3)cc2)n2ncc(C(C)C)c2n1. The standard InChI is InChI=1S/C43H53N11O6/c1-4-28(25-55)46-36-22-37(54-39(48-36)34(24-45-54)26(2)3)44-23-27-5-7-29(8-6-27)47-43(60)52-19-17-51(18-20-52)30-13-15-50(16-14-30)31-9-10-32-33(21-31)42(59)53(41(32)58)35-11-12-38(56)49-40(35)57/h5-10,21-22,24,26,28,30,35,44,55H,4,11-20,23,25H2,1-3H3,(H,46,48)(H,47,60)(H,49,56,57)/t28-,35?/m0/s1. The second-order valence-corrected chi connectivity index (χ2v) is 16.3. The normalized spacial score (nSPS) is 19.6. The fourth-order valence-corrected chi connectivity index (χ4v) is 8.61. The molecule has 0 saturated carbocycles. The Kier molecular flexibility index (Phi) is 11.7. The van der Waals surface area contributed by atoms with Crippen LogP contribution in [0.1, 0.15) is 90.6 Å². The minimum absolute atomic E-state index is 0.0108. The summed E-state index contributed by atoms with van der Waals surface area (Å²) in [6, 6.07) is 14.2. The number of aromatic nitrogens is 3. The smallest absolute Gasteiger partial charge is 0.321 e. The summed E-state index contributed by atoms with van der Waals surface area (Å²) in [5, 5.41) is 26.5. The summed E-state index contributed by atoms with van der Waals surface area (Å²) in [7, 11) is 0. The zero-order valence-electron chi connectivity index (χ0n) is 34.3. The lowest BCUT2D eigenvalue weighted by molar-refractivity contribution is -0.136. The number of piperazine rings is 1. The van der Waals surface area contributed by atoms with Crippen LogP contribution in [0.15, 0.2) is 54.7 Å². The maximum absolute atomic E-state index is 13.4. The molecule has 0 spiro atoms. The summed E-state index contributed by atoms with van der Waals surface area (Å²) in [5.41, 5.74) is 4.99. The van der Waals surface area contributed by atoms with Crippen LogP contribution in [0.3, 0.4) is 0 Å². The maximum atomic E-state index is 13.4. The number of hydrogen-bond donors (Lipinski definition) is 5. The predicted molar refractivity (Wildman–Crippen MR) is 226 cm³/mol. The third-order valence-electron chi connectivity index (χ3n) is 12.2. The van der Waals surface area contributed by atoms with Crippen LogP contribution in [0.2, 0.25) is 0 Å². The molecule has 4 aliphatic rings. The first-order valence-corrected chi connectivity index (χ1v) is 21.0.